The first kappa shape index (κ1) is 18.7. The first-order valence-electron chi connectivity index (χ1n) is 9.29. The summed E-state index contributed by atoms with van der Waals surface area (Å²) in [6.07, 6.45) is 3.96. The number of tetrazole rings is 1. The minimum absolute atomic E-state index is 0.112. The van der Waals surface area contributed by atoms with Gasteiger partial charge in [0, 0.05) is 23.6 Å². The molecule has 0 spiro atoms. The molecule has 0 amide bonds. The van der Waals surface area contributed by atoms with E-state index < -0.39 is 0 Å². The Kier molecular flexibility index (Phi) is 5.85. The van der Waals surface area contributed by atoms with Crippen molar-refractivity contribution in [2.75, 3.05) is 11.9 Å². The summed E-state index contributed by atoms with van der Waals surface area (Å²) in [6, 6.07) is 18.0. The Labute approximate surface area is 169 Å². The second kappa shape index (κ2) is 9.05. The summed E-state index contributed by atoms with van der Waals surface area (Å²) in [6.45, 7) is 1.07. The summed E-state index contributed by atoms with van der Waals surface area (Å²) >= 11 is 0. The molecule has 0 aliphatic rings. The number of anilines is 1. The van der Waals surface area contributed by atoms with Gasteiger partial charge in [0.15, 0.2) is 6.40 Å². The summed E-state index contributed by atoms with van der Waals surface area (Å²) < 4.78 is 4.53. The van der Waals surface area contributed by atoms with Crippen LogP contribution in [0.2, 0.25) is 0 Å². The van der Waals surface area contributed by atoms with Crippen molar-refractivity contribution in [2.45, 2.75) is 19.0 Å². The first-order valence-corrected chi connectivity index (χ1v) is 9.29. The Morgan fingerprint density at radius 3 is 2.86 bits per heavy atom. The molecule has 0 unspecified atom stereocenters. The van der Waals surface area contributed by atoms with Crippen LogP contribution < -0.4 is 5.32 Å². The lowest BCUT2D eigenvalue weighted by molar-refractivity contribution is 0.572. The van der Waals surface area contributed by atoms with Crippen LogP contribution in [-0.2, 0) is 17.6 Å². The van der Waals surface area contributed by atoms with Gasteiger partial charge in [-0.25, -0.2) is 0 Å². The number of nitrogens with one attached hydrogen (secondary N) is 2. The van der Waals surface area contributed by atoms with Crippen molar-refractivity contribution in [2.24, 2.45) is 4.99 Å². The molecule has 2 heterocycles. The number of fused-ring (bicyclic) bond motifs is 1. The highest BCUT2D eigenvalue weighted by atomic mass is 16.4. The van der Waals surface area contributed by atoms with Crippen LogP contribution in [0.4, 0.5) is 5.95 Å². The lowest BCUT2D eigenvalue weighted by atomic mass is 10.1. The summed E-state index contributed by atoms with van der Waals surface area (Å²) in [5.41, 5.74) is 3.37. The Bertz CT molecular complexity index is 1080. The van der Waals surface area contributed by atoms with Crippen molar-refractivity contribution in [3.8, 4) is 0 Å². The van der Waals surface area contributed by atoms with Crippen molar-refractivity contribution < 1.29 is 4.65 Å². The predicted molar refractivity (Wildman–Crippen MR) is 113 cm³/mol. The van der Waals surface area contributed by atoms with Gasteiger partial charge in [0.05, 0.1) is 12.6 Å². The number of rotatable bonds is 9. The molecule has 0 aliphatic carbocycles. The third-order valence-corrected chi connectivity index (χ3v) is 4.58. The Morgan fingerprint density at radius 1 is 1.17 bits per heavy atom. The maximum absolute atomic E-state index is 5.11. The van der Waals surface area contributed by atoms with Crippen LogP contribution in [-0.4, -0.2) is 52.2 Å². The standard InChI is InChI=1S/C20H20BN7O/c21-29-14-24-17(10-16-11-22-19-9-5-4-8-18(16)19)12-23-20-25-27-28(26-20)13-15-6-2-1-3-7-15/h1-9,11,14,17,22H,10,12-13H2,(H,23,26)/t17-/m0/s1. The van der Waals surface area contributed by atoms with E-state index in [4.69, 9.17) is 8.05 Å². The average Bonchev–Trinajstić information content (AvgIpc) is 3.38. The largest absolute Gasteiger partial charge is 0.560 e. The summed E-state index contributed by atoms with van der Waals surface area (Å²) in [5, 5.41) is 16.9. The van der Waals surface area contributed by atoms with Crippen molar-refractivity contribution >= 4 is 31.3 Å². The van der Waals surface area contributed by atoms with Crippen LogP contribution in [0.5, 0.6) is 0 Å². The lowest BCUT2D eigenvalue weighted by Gasteiger charge is -2.12. The van der Waals surface area contributed by atoms with Gasteiger partial charge in [0.2, 0.25) is 0 Å². The normalized spacial score (nSPS) is 12.4. The molecule has 9 heteroatoms. The maximum atomic E-state index is 5.11. The topological polar surface area (TPSA) is 93.0 Å². The minimum Gasteiger partial charge on any atom is -0.560 e. The van der Waals surface area contributed by atoms with Gasteiger partial charge in [0.25, 0.3) is 5.95 Å². The van der Waals surface area contributed by atoms with E-state index in [1.54, 1.807) is 4.80 Å². The SMILES string of the molecule is [B]OC=N[C@H](CNc1nnn(Cc2ccccc2)n1)Cc1c[nH]c2ccccc12. The van der Waals surface area contributed by atoms with Crippen LogP contribution in [0.15, 0.2) is 65.8 Å². The predicted octanol–water partition coefficient (Wildman–Crippen LogP) is 2.35. The molecular formula is C20H20BN7O. The molecule has 0 saturated carbocycles. The van der Waals surface area contributed by atoms with Crippen molar-refractivity contribution in [1.82, 2.24) is 25.2 Å². The number of benzene rings is 2. The monoisotopic (exact) mass is 385 g/mol. The number of para-hydroxylation sites is 1. The average molecular weight is 385 g/mol. The van der Waals surface area contributed by atoms with E-state index in [1.807, 2.05) is 54.7 Å². The molecule has 29 heavy (non-hydrogen) atoms. The van der Waals surface area contributed by atoms with E-state index >= 15 is 0 Å². The molecule has 0 aliphatic heterocycles. The van der Waals surface area contributed by atoms with Gasteiger partial charge in [-0.1, -0.05) is 53.6 Å². The molecule has 4 rings (SSSR count). The van der Waals surface area contributed by atoms with Crippen LogP contribution in [0.25, 0.3) is 10.9 Å². The fraction of sp³-hybridized carbons (Fsp3) is 0.200. The second-order valence-electron chi connectivity index (χ2n) is 6.62. The smallest absolute Gasteiger partial charge is 0.375 e. The van der Waals surface area contributed by atoms with Gasteiger partial charge in [-0.05, 0) is 28.8 Å². The number of hydrogen-bond acceptors (Lipinski definition) is 6. The van der Waals surface area contributed by atoms with Crippen molar-refractivity contribution in [3.63, 3.8) is 0 Å². The molecule has 2 radical (unpaired) electrons. The van der Waals surface area contributed by atoms with Gasteiger partial charge in [-0.15, -0.1) is 5.10 Å². The van der Waals surface area contributed by atoms with E-state index in [1.165, 1.54) is 17.4 Å². The van der Waals surface area contributed by atoms with Gasteiger partial charge in [-0.2, -0.15) is 4.80 Å². The van der Waals surface area contributed by atoms with Crippen molar-refractivity contribution in [3.05, 3.63) is 71.9 Å². The molecule has 0 bridgehead atoms. The molecule has 1 atom stereocenters. The Morgan fingerprint density at radius 2 is 2.00 bits per heavy atom. The molecular weight excluding hydrogens is 365 g/mol. The maximum Gasteiger partial charge on any atom is 0.375 e. The highest BCUT2D eigenvalue weighted by Crippen LogP contribution is 2.20. The number of hydrogen-bond donors (Lipinski definition) is 2. The summed E-state index contributed by atoms with van der Waals surface area (Å²) in [5.74, 6) is 0.453. The number of aromatic amines is 1. The van der Waals surface area contributed by atoms with Crippen LogP contribution in [0.3, 0.4) is 0 Å². The number of aliphatic imine (C=N–C) groups is 1. The molecule has 144 valence electrons. The molecule has 0 saturated heterocycles. The first-order chi connectivity index (χ1) is 14.3. The third kappa shape index (κ3) is 4.81. The fourth-order valence-corrected chi connectivity index (χ4v) is 3.19. The highest BCUT2D eigenvalue weighted by molar-refractivity contribution is 6.02. The number of H-pyrrole nitrogens is 1. The van der Waals surface area contributed by atoms with Crippen molar-refractivity contribution in [1.29, 1.82) is 0 Å². The van der Waals surface area contributed by atoms with E-state index in [0.29, 0.717) is 25.5 Å². The fourth-order valence-electron chi connectivity index (χ4n) is 3.19. The van der Waals surface area contributed by atoms with Gasteiger partial charge in [0.1, 0.15) is 0 Å². The number of aromatic nitrogens is 5. The zero-order valence-electron chi connectivity index (χ0n) is 15.8. The van der Waals surface area contributed by atoms with Crippen LogP contribution in [0, 0.1) is 0 Å². The van der Waals surface area contributed by atoms with Gasteiger partial charge >= 0.3 is 8.05 Å². The summed E-state index contributed by atoms with van der Waals surface area (Å²) in [4.78, 5) is 9.22. The zero-order chi connectivity index (χ0) is 19.9. The summed E-state index contributed by atoms with van der Waals surface area (Å²) in [7, 11) is 5.11. The van der Waals surface area contributed by atoms with Crippen LogP contribution in [0.1, 0.15) is 11.1 Å². The second-order valence-corrected chi connectivity index (χ2v) is 6.62. The number of nitrogens with zero attached hydrogens (tertiary/aromatic N) is 5. The Balaban J connectivity index is 1.40. The van der Waals surface area contributed by atoms with Gasteiger partial charge < -0.3 is 15.0 Å². The molecule has 0 fully saturated rings. The van der Waals surface area contributed by atoms with E-state index in [9.17, 15) is 0 Å². The van der Waals surface area contributed by atoms with Crippen LogP contribution >= 0.6 is 0 Å². The lowest BCUT2D eigenvalue weighted by Crippen LogP contribution is -2.21. The zero-order valence-corrected chi connectivity index (χ0v) is 15.8. The molecule has 2 N–H and O–H groups in total. The molecule has 8 nitrogen and oxygen atoms in total. The molecule has 4 aromatic rings. The highest BCUT2D eigenvalue weighted by Gasteiger charge is 2.13. The molecule has 2 aromatic heterocycles. The van der Waals surface area contributed by atoms with Gasteiger partial charge in [-0.3, -0.25) is 4.99 Å². The Hall–Kier alpha value is -3.62. The minimum atomic E-state index is -0.112. The van der Waals surface area contributed by atoms with E-state index in [0.717, 1.165) is 11.1 Å². The third-order valence-electron chi connectivity index (χ3n) is 4.58. The molecule has 2 aromatic carbocycles. The van der Waals surface area contributed by atoms with E-state index in [-0.39, 0.29) is 6.04 Å². The quantitative estimate of drug-likeness (QED) is 0.262. The van der Waals surface area contributed by atoms with E-state index in [2.05, 4.69) is 41.4 Å².